The molecule has 1 amide bonds. The molecule has 2 fully saturated rings. The van der Waals surface area contributed by atoms with E-state index in [9.17, 15) is 4.79 Å². The van der Waals surface area contributed by atoms with E-state index >= 15 is 0 Å². The highest BCUT2D eigenvalue weighted by Crippen LogP contribution is 2.32. The Labute approximate surface area is 120 Å². The van der Waals surface area contributed by atoms with E-state index < -0.39 is 0 Å². The predicted molar refractivity (Wildman–Crippen MR) is 78.4 cm³/mol. The van der Waals surface area contributed by atoms with Crippen molar-refractivity contribution in [3.05, 3.63) is 35.9 Å². The molecule has 2 unspecified atom stereocenters. The van der Waals surface area contributed by atoms with E-state index in [1.807, 2.05) is 11.0 Å². The van der Waals surface area contributed by atoms with E-state index in [1.54, 1.807) is 0 Å². The molecule has 2 atom stereocenters. The topological polar surface area (TPSA) is 29.5 Å². The summed E-state index contributed by atoms with van der Waals surface area (Å²) in [6.07, 6.45) is 4.51. The standard InChI is InChI=1S/C17H23NO2/c1-13-11-18(17(19)15-8-9-15)12-16(20-13)10-7-14-5-3-2-4-6-14/h2-6,13,15-16H,7-12H2,1H3. The summed E-state index contributed by atoms with van der Waals surface area (Å²) in [5.41, 5.74) is 1.34. The van der Waals surface area contributed by atoms with E-state index in [0.717, 1.165) is 38.8 Å². The summed E-state index contributed by atoms with van der Waals surface area (Å²) in [7, 11) is 0. The Morgan fingerprint density at radius 3 is 2.70 bits per heavy atom. The van der Waals surface area contributed by atoms with Crippen molar-refractivity contribution in [2.45, 2.75) is 44.8 Å². The Balaban J connectivity index is 1.54. The number of carbonyl (C=O) groups is 1. The summed E-state index contributed by atoms with van der Waals surface area (Å²) < 4.78 is 5.99. The molecule has 3 heteroatoms. The third-order valence-corrected chi connectivity index (χ3v) is 4.16. The molecule has 1 heterocycles. The number of carbonyl (C=O) groups excluding carboxylic acids is 1. The number of hydrogen-bond acceptors (Lipinski definition) is 2. The normalized spacial score (nSPS) is 26.6. The van der Waals surface area contributed by atoms with Gasteiger partial charge in [0, 0.05) is 19.0 Å². The predicted octanol–water partition coefficient (Wildman–Crippen LogP) is 2.65. The van der Waals surface area contributed by atoms with Gasteiger partial charge in [-0.25, -0.2) is 0 Å². The van der Waals surface area contributed by atoms with Gasteiger partial charge in [0.25, 0.3) is 0 Å². The monoisotopic (exact) mass is 273 g/mol. The smallest absolute Gasteiger partial charge is 0.225 e. The molecular formula is C17H23NO2. The molecule has 1 saturated heterocycles. The highest BCUT2D eigenvalue weighted by Gasteiger charge is 2.36. The Hall–Kier alpha value is -1.35. The number of amides is 1. The number of hydrogen-bond donors (Lipinski definition) is 0. The first-order valence-corrected chi connectivity index (χ1v) is 7.70. The van der Waals surface area contributed by atoms with Crippen LogP contribution < -0.4 is 0 Å². The minimum absolute atomic E-state index is 0.159. The summed E-state index contributed by atoms with van der Waals surface area (Å²) in [4.78, 5) is 14.2. The van der Waals surface area contributed by atoms with Gasteiger partial charge in [0.1, 0.15) is 0 Å². The van der Waals surface area contributed by atoms with Crippen LogP contribution in [-0.2, 0) is 16.0 Å². The zero-order valence-electron chi connectivity index (χ0n) is 12.1. The first-order chi connectivity index (χ1) is 9.72. The van der Waals surface area contributed by atoms with Crippen LogP contribution in [0.25, 0.3) is 0 Å². The molecule has 1 aliphatic carbocycles. The fourth-order valence-electron chi connectivity index (χ4n) is 2.95. The minimum atomic E-state index is 0.159. The third kappa shape index (κ3) is 3.40. The fourth-order valence-corrected chi connectivity index (χ4v) is 2.95. The van der Waals surface area contributed by atoms with Gasteiger partial charge in [0.05, 0.1) is 12.2 Å². The highest BCUT2D eigenvalue weighted by molar-refractivity contribution is 5.81. The molecule has 1 aromatic rings. The van der Waals surface area contributed by atoms with Crippen LogP contribution >= 0.6 is 0 Å². The molecule has 0 spiro atoms. The molecule has 0 radical (unpaired) electrons. The lowest BCUT2D eigenvalue weighted by Gasteiger charge is -2.37. The minimum Gasteiger partial charge on any atom is -0.372 e. The lowest BCUT2D eigenvalue weighted by Crippen LogP contribution is -2.49. The largest absolute Gasteiger partial charge is 0.372 e. The van der Waals surface area contributed by atoms with Gasteiger partial charge in [0.15, 0.2) is 0 Å². The Morgan fingerprint density at radius 2 is 2.00 bits per heavy atom. The molecular weight excluding hydrogens is 250 g/mol. The zero-order valence-corrected chi connectivity index (χ0v) is 12.1. The maximum absolute atomic E-state index is 12.2. The highest BCUT2D eigenvalue weighted by atomic mass is 16.5. The number of aryl methyl sites for hydroxylation is 1. The Kier molecular flexibility index (Phi) is 4.06. The van der Waals surface area contributed by atoms with Crippen LogP contribution in [0.5, 0.6) is 0 Å². The van der Waals surface area contributed by atoms with Crippen molar-refractivity contribution in [2.75, 3.05) is 13.1 Å². The van der Waals surface area contributed by atoms with Gasteiger partial charge in [-0.2, -0.15) is 0 Å². The lowest BCUT2D eigenvalue weighted by molar-refractivity contribution is -0.146. The molecule has 0 N–H and O–H groups in total. The summed E-state index contributed by atoms with van der Waals surface area (Å²) >= 11 is 0. The molecule has 2 aliphatic rings. The summed E-state index contributed by atoms with van der Waals surface area (Å²) in [6.45, 7) is 3.60. The molecule has 1 saturated carbocycles. The van der Waals surface area contributed by atoms with Gasteiger partial charge in [-0.15, -0.1) is 0 Å². The molecule has 20 heavy (non-hydrogen) atoms. The molecule has 108 valence electrons. The second-order valence-electron chi connectivity index (χ2n) is 6.11. The van der Waals surface area contributed by atoms with Crippen LogP contribution in [-0.4, -0.2) is 36.1 Å². The van der Waals surface area contributed by atoms with Gasteiger partial charge < -0.3 is 9.64 Å². The van der Waals surface area contributed by atoms with Crippen LogP contribution in [0.4, 0.5) is 0 Å². The van der Waals surface area contributed by atoms with Gasteiger partial charge in [0.2, 0.25) is 5.91 Å². The van der Waals surface area contributed by atoms with Crippen molar-refractivity contribution in [1.29, 1.82) is 0 Å². The van der Waals surface area contributed by atoms with Crippen molar-refractivity contribution in [2.24, 2.45) is 5.92 Å². The first-order valence-electron chi connectivity index (χ1n) is 7.70. The maximum Gasteiger partial charge on any atom is 0.225 e. The van der Waals surface area contributed by atoms with Gasteiger partial charge in [-0.3, -0.25) is 4.79 Å². The lowest BCUT2D eigenvalue weighted by atomic mass is 10.0. The van der Waals surface area contributed by atoms with Gasteiger partial charge >= 0.3 is 0 Å². The summed E-state index contributed by atoms with van der Waals surface area (Å²) in [6, 6.07) is 10.5. The second-order valence-corrected chi connectivity index (χ2v) is 6.11. The van der Waals surface area contributed by atoms with Crippen molar-refractivity contribution in [1.82, 2.24) is 4.90 Å². The molecule has 0 bridgehead atoms. The van der Waals surface area contributed by atoms with Crippen LogP contribution in [0.15, 0.2) is 30.3 Å². The Bertz CT molecular complexity index is 455. The van der Waals surface area contributed by atoms with Crippen LogP contribution in [0, 0.1) is 5.92 Å². The van der Waals surface area contributed by atoms with Crippen LogP contribution in [0.3, 0.4) is 0 Å². The van der Waals surface area contributed by atoms with Crippen molar-refractivity contribution >= 4 is 5.91 Å². The molecule has 3 nitrogen and oxygen atoms in total. The molecule has 3 rings (SSSR count). The van der Waals surface area contributed by atoms with Gasteiger partial charge in [-0.05, 0) is 38.2 Å². The number of benzene rings is 1. The van der Waals surface area contributed by atoms with Crippen molar-refractivity contribution in [3.63, 3.8) is 0 Å². The number of nitrogens with zero attached hydrogens (tertiary/aromatic N) is 1. The molecule has 0 aromatic heterocycles. The zero-order chi connectivity index (χ0) is 13.9. The second kappa shape index (κ2) is 5.96. The SMILES string of the molecule is CC1CN(C(=O)C2CC2)CC(CCc2ccccc2)O1. The maximum atomic E-state index is 12.2. The average Bonchev–Trinajstić information content (AvgIpc) is 3.29. The molecule has 1 aliphatic heterocycles. The summed E-state index contributed by atoms with van der Waals surface area (Å²) in [5.74, 6) is 0.667. The fraction of sp³-hybridized carbons (Fsp3) is 0.588. The van der Waals surface area contributed by atoms with E-state index in [2.05, 4.69) is 31.2 Å². The van der Waals surface area contributed by atoms with E-state index in [1.165, 1.54) is 5.56 Å². The van der Waals surface area contributed by atoms with Crippen molar-refractivity contribution in [3.8, 4) is 0 Å². The first kappa shape index (κ1) is 13.6. The van der Waals surface area contributed by atoms with Crippen LogP contribution in [0.2, 0.25) is 0 Å². The van der Waals surface area contributed by atoms with E-state index in [-0.39, 0.29) is 12.2 Å². The van der Waals surface area contributed by atoms with E-state index in [4.69, 9.17) is 4.74 Å². The van der Waals surface area contributed by atoms with Crippen LogP contribution in [0.1, 0.15) is 31.7 Å². The Morgan fingerprint density at radius 1 is 1.25 bits per heavy atom. The quantitative estimate of drug-likeness (QED) is 0.844. The third-order valence-electron chi connectivity index (χ3n) is 4.16. The molecule has 1 aromatic carbocycles. The van der Waals surface area contributed by atoms with E-state index in [0.29, 0.717) is 11.8 Å². The van der Waals surface area contributed by atoms with Crippen molar-refractivity contribution < 1.29 is 9.53 Å². The average molecular weight is 273 g/mol. The summed E-state index contributed by atoms with van der Waals surface area (Å²) in [5, 5.41) is 0. The van der Waals surface area contributed by atoms with Gasteiger partial charge in [-0.1, -0.05) is 30.3 Å². The number of rotatable bonds is 4. The number of morpholine rings is 1. The number of ether oxygens (including phenoxy) is 1.